The summed E-state index contributed by atoms with van der Waals surface area (Å²) in [7, 11) is 3.49. The van der Waals surface area contributed by atoms with E-state index in [-0.39, 0.29) is 11.6 Å². The first-order valence-electron chi connectivity index (χ1n) is 3.68. The third kappa shape index (κ3) is 1.44. The summed E-state index contributed by atoms with van der Waals surface area (Å²) in [5.74, 6) is -0.185. The molecule has 0 aromatic heterocycles. The Morgan fingerprint density at radius 3 is 2.25 bits per heavy atom. The molecule has 0 radical (unpaired) electrons. The molecule has 64 valence electrons. The summed E-state index contributed by atoms with van der Waals surface area (Å²) in [6.07, 6.45) is 2.71. The lowest BCUT2D eigenvalue weighted by atomic mass is 10.0. The van der Waals surface area contributed by atoms with Crippen LogP contribution in [0, 0.1) is 0 Å². The third-order valence-electron chi connectivity index (χ3n) is 1.71. The molecule has 0 N–H and O–H groups in total. The van der Waals surface area contributed by atoms with Crippen molar-refractivity contribution >= 4 is 11.6 Å². The average Bonchev–Trinajstić information content (AvgIpc) is 1.96. The minimum Gasteiger partial charge on any atom is -0.374 e. The Bertz CT molecular complexity index is 298. The second-order valence-electron chi connectivity index (χ2n) is 2.98. The number of carbonyl (C=O) groups excluding carboxylic acids is 2. The Morgan fingerprint density at radius 2 is 1.75 bits per heavy atom. The van der Waals surface area contributed by atoms with Crippen molar-refractivity contribution in [3.8, 4) is 0 Å². The van der Waals surface area contributed by atoms with Gasteiger partial charge in [0.15, 0.2) is 5.78 Å². The summed E-state index contributed by atoms with van der Waals surface area (Å²) in [6.45, 7) is 1.65. The van der Waals surface area contributed by atoms with E-state index in [1.54, 1.807) is 25.9 Å². The highest BCUT2D eigenvalue weighted by Crippen LogP contribution is 2.13. The van der Waals surface area contributed by atoms with Gasteiger partial charge in [-0.3, -0.25) is 9.59 Å². The largest absolute Gasteiger partial charge is 0.374 e. The van der Waals surface area contributed by atoms with E-state index < -0.39 is 0 Å². The maximum atomic E-state index is 11.4. The monoisotopic (exact) mass is 165 g/mol. The number of carbonyl (C=O) groups is 2. The van der Waals surface area contributed by atoms with E-state index in [2.05, 4.69) is 0 Å². The summed E-state index contributed by atoms with van der Waals surface area (Å²) < 4.78 is 0. The van der Waals surface area contributed by atoms with Crippen molar-refractivity contribution < 1.29 is 9.59 Å². The predicted molar refractivity (Wildman–Crippen MR) is 45.5 cm³/mol. The van der Waals surface area contributed by atoms with Gasteiger partial charge in [-0.05, 0) is 13.0 Å². The van der Waals surface area contributed by atoms with Crippen LogP contribution in [0.2, 0.25) is 0 Å². The highest BCUT2D eigenvalue weighted by Gasteiger charge is 2.19. The second-order valence-corrected chi connectivity index (χ2v) is 2.98. The van der Waals surface area contributed by atoms with Crippen LogP contribution in [0.15, 0.2) is 23.4 Å². The number of hydrogen-bond acceptors (Lipinski definition) is 3. The lowest BCUT2D eigenvalue weighted by Crippen LogP contribution is -2.23. The van der Waals surface area contributed by atoms with E-state index in [0.717, 1.165) is 0 Å². The van der Waals surface area contributed by atoms with Gasteiger partial charge in [0.05, 0.1) is 5.70 Å². The number of hydrogen-bond donors (Lipinski definition) is 0. The van der Waals surface area contributed by atoms with Crippen LogP contribution in [0.25, 0.3) is 0 Å². The highest BCUT2D eigenvalue weighted by molar-refractivity contribution is 6.19. The zero-order valence-electron chi connectivity index (χ0n) is 7.42. The Morgan fingerprint density at radius 1 is 1.17 bits per heavy atom. The molecule has 0 fully saturated rings. The van der Waals surface area contributed by atoms with E-state index in [1.807, 2.05) is 0 Å². The summed E-state index contributed by atoms with van der Waals surface area (Å²) in [6, 6.07) is 0. The molecule has 0 saturated carbocycles. The highest BCUT2D eigenvalue weighted by atomic mass is 16.1. The number of allylic oxidation sites excluding steroid dienone is 3. The molecule has 3 heteroatoms. The molecular weight excluding hydrogens is 154 g/mol. The number of Topliss-reactive ketones (excluding diaryl/α,β-unsaturated/α-hetero) is 1. The van der Waals surface area contributed by atoms with E-state index in [4.69, 9.17) is 0 Å². The van der Waals surface area contributed by atoms with Crippen molar-refractivity contribution in [2.75, 3.05) is 14.1 Å². The van der Waals surface area contributed by atoms with E-state index in [0.29, 0.717) is 11.3 Å². The molecule has 0 aliphatic heterocycles. The molecule has 1 aliphatic rings. The number of likely N-dealkylation sites (N-methyl/N-ethyl adjacent to an activating group) is 1. The Labute approximate surface area is 71.4 Å². The van der Waals surface area contributed by atoms with Gasteiger partial charge < -0.3 is 4.90 Å². The van der Waals surface area contributed by atoms with E-state index in [9.17, 15) is 9.59 Å². The van der Waals surface area contributed by atoms with Crippen molar-refractivity contribution in [1.29, 1.82) is 0 Å². The zero-order chi connectivity index (χ0) is 9.30. The molecule has 0 bridgehead atoms. The molecule has 3 nitrogen and oxygen atoms in total. The van der Waals surface area contributed by atoms with Crippen LogP contribution >= 0.6 is 0 Å². The molecule has 12 heavy (non-hydrogen) atoms. The molecule has 0 aromatic carbocycles. The quantitative estimate of drug-likeness (QED) is 0.532. The molecule has 0 aromatic rings. The Kier molecular flexibility index (Phi) is 2.13. The molecule has 0 amide bonds. The standard InChI is InChI=1S/C9H11NO2/c1-6-4-7(11)5-8(9(6)12)10(2)3/h4-5H,1-3H3. The fourth-order valence-corrected chi connectivity index (χ4v) is 1.06. The maximum Gasteiger partial charge on any atom is 0.205 e. The first kappa shape index (κ1) is 8.71. The molecule has 0 spiro atoms. The van der Waals surface area contributed by atoms with Crippen LogP contribution in [-0.4, -0.2) is 30.6 Å². The molecule has 0 atom stereocenters. The lowest BCUT2D eigenvalue weighted by Gasteiger charge is -2.17. The van der Waals surface area contributed by atoms with Crippen LogP contribution in [0.1, 0.15) is 6.92 Å². The van der Waals surface area contributed by atoms with Gasteiger partial charge in [-0.15, -0.1) is 0 Å². The third-order valence-corrected chi connectivity index (χ3v) is 1.71. The van der Waals surface area contributed by atoms with Gasteiger partial charge in [-0.2, -0.15) is 0 Å². The van der Waals surface area contributed by atoms with Crippen LogP contribution in [0.5, 0.6) is 0 Å². The fourth-order valence-electron chi connectivity index (χ4n) is 1.06. The van der Waals surface area contributed by atoms with Gasteiger partial charge in [-0.25, -0.2) is 0 Å². The van der Waals surface area contributed by atoms with Crippen LogP contribution in [0.4, 0.5) is 0 Å². The van der Waals surface area contributed by atoms with E-state index in [1.165, 1.54) is 12.2 Å². The van der Waals surface area contributed by atoms with Crippen LogP contribution in [0.3, 0.4) is 0 Å². The predicted octanol–water partition coefficient (Wildman–Crippen LogP) is 0.530. The molecule has 0 unspecified atom stereocenters. The van der Waals surface area contributed by atoms with Crippen molar-refractivity contribution in [3.63, 3.8) is 0 Å². The van der Waals surface area contributed by atoms with Gasteiger partial charge in [0, 0.05) is 25.7 Å². The van der Waals surface area contributed by atoms with Crippen molar-refractivity contribution in [3.05, 3.63) is 23.4 Å². The van der Waals surface area contributed by atoms with Gasteiger partial charge in [-0.1, -0.05) is 0 Å². The van der Waals surface area contributed by atoms with Gasteiger partial charge in [0.25, 0.3) is 0 Å². The van der Waals surface area contributed by atoms with Crippen molar-refractivity contribution in [2.45, 2.75) is 6.92 Å². The maximum absolute atomic E-state index is 11.4. The van der Waals surface area contributed by atoms with E-state index >= 15 is 0 Å². The van der Waals surface area contributed by atoms with Crippen LogP contribution in [-0.2, 0) is 9.59 Å². The minimum absolute atomic E-state index is 0.0698. The Balaban J connectivity index is 3.04. The smallest absolute Gasteiger partial charge is 0.205 e. The Hall–Kier alpha value is -1.38. The van der Waals surface area contributed by atoms with Gasteiger partial charge in [0.1, 0.15) is 0 Å². The fraction of sp³-hybridized carbons (Fsp3) is 0.333. The molecule has 0 heterocycles. The topological polar surface area (TPSA) is 37.4 Å². The van der Waals surface area contributed by atoms with Crippen molar-refractivity contribution in [2.24, 2.45) is 0 Å². The second kappa shape index (κ2) is 2.93. The first-order chi connectivity index (χ1) is 5.52. The first-order valence-corrected chi connectivity index (χ1v) is 3.68. The van der Waals surface area contributed by atoms with Gasteiger partial charge >= 0.3 is 0 Å². The number of nitrogens with zero attached hydrogens (tertiary/aromatic N) is 1. The SMILES string of the molecule is CC1=CC(=O)C=C(N(C)C)C1=O. The molecule has 0 saturated heterocycles. The zero-order valence-corrected chi connectivity index (χ0v) is 7.42. The summed E-state index contributed by atoms with van der Waals surface area (Å²) in [5, 5.41) is 0. The number of rotatable bonds is 1. The molecule has 1 rings (SSSR count). The number of ketones is 2. The lowest BCUT2D eigenvalue weighted by molar-refractivity contribution is -0.116. The van der Waals surface area contributed by atoms with Crippen molar-refractivity contribution in [1.82, 2.24) is 4.90 Å². The van der Waals surface area contributed by atoms with Crippen LogP contribution < -0.4 is 0 Å². The molecular formula is C9H11NO2. The summed E-state index contributed by atoms with van der Waals surface area (Å²) in [5.41, 5.74) is 0.964. The summed E-state index contributed by atoms with van der Waals surface area (Å²) >= 11 is 0. The normalized spacial score (nSPS) is 17.2. The summed E-state index contributed by atoms with van der Waals surface area (Å²) in [4.78, 5) is 24.0. The molecule has 1 aliphatic carbocycles. The minimum atomic E-state index is -0.115. The average molecular weight is 165 g/mol. The van der Waals surface area contributed by atoms with Gasteiger partial charge in [0.2, 0.25) is 5.78 Å².